The number of carbonyl (C=O) groups is 2. The van der Waals surface area contributed by atoms with Gasteiger partial charge in [0.15, 0.2) is 0 Å². The van der Waals surface area contributed by atoms with Gasteiger partial charge < -0.3 is 20.6 Å². The molecule has 1 saturated carbocycles. The number of carbonyl (C=O) groups excluding carboxylic acids is 1. The van der Waals surface area contributed by atoms with Gasteiger partial charge in [0.05, 0.1) is 11.1 Å². The molecule has 0 radical (unpaired) electrons. The van der Waals surface area contributed by atoms with Crippen molar-refractivity contribution in [3.8, 4) is 0 Å². The number of rotatable bonds is 6. The molecule has 0 bridgehead atoms. The van der Waals surface area contributed by atoms with Crippen LogP contribution in [-0.4, -0.2) is 59.8 Å². The summed E-state index contributed by atoms with van der Waals surface area (Å²) in [4.78, 5) is 32.1. The van der Waals surface area contributed by atoms with E-state index >= 15 is 0 Å². The Hall–Kier alpha value is -3.79. The van der Waals surface area contributed by atoms with E-state index in [0.29, 0.717) is 37.5 Å². The van der Waals surface area contributed by atoms with Crippen LogP contribution in [-0.2, 0) is 17.1 Å². The van der Waals surface area contributed by atoms with Gasteiger partial charge in [0, 0.05) is 44.0 Å². The highest BCUT2D eigenvalue weighted by Gasteiger charge is 2.39. The molecule has 3 rings (SSSR count). The van der Waals surface area contributed by atoms with Gasteiger partial charge in [-0.15, -0.1) is 0 Å². The summed E-state index contributed by atoms with van der Waals surface area (Å²) in [6.07, 6.45) is -12.5. The van der Waals surface area contributed by atoms with Crippen molar-refractivity contribution >= 4 is 23.6 Å². The first-order chi connectivity index (χ1) is 19.2. The van der Waals surface area contributed by atoms with Gasteiger partial charge in [0.25, 0.3) is 5.91 Å². The minimum absolute atomic E-state index is 0.00836. The first kappa shape index (κ1) is 34.4. The summed E-state index contributed by atoms with van der Waals surface area (Å²) >= 11 is 0. The lowest BCUT2D eigenvalue weighted by atomic mass is 9.86. The molecule has 1 fully saturated rings. The Balaban J connectivity index is 0.000000782. The number of aryl methyl sites for hydroxylation is 1. The van der Waals surface area contributed by atoms with Crippen LogP contribution in [0, 0.1) is 12.8 Å². The third-order valence-electron chi connectivity index (χ3n) is 6.12. The van der Waals surface area contributed by atoms with E-state index in [0.717, 1.165) is 24.4 Å². The molecule has 0 aliphatic heterocycles. The van der Waals surface area contributed by atoms with Crippen molar-refractivity contribution in [2.24, 2.45) is 5.92 Å². The molecule has 1 aromatic heterocycles. The van der Waals surface area contributed by atoms with Crippen LogP contribution in [0.15, 0.2) is 24.3 Å². The van der Waals surface area contributed by atoms with E-state index in [4.69, 9.17) is 9.90 Å². The van der Waals surface area contributed by atoms with Crippen LogP contribution < -0.4 is 15.5 Å². The zero-order valence-electron chi connectivity index (χ0n) is 22.5. The Morgan fingerprint density at radius 1 is 0.881 bits per heavy atom. The van der Waals surface area contributed by atoms with E-state index in [1.807, 2.05) is 32.0 Å². The molecule has 0 saturated heterocycles. The lowest BCUT2D eigenvalue weighted by molar-refractivity contribution is -0.192. The molecule has 0 atom stereocenters. The number of nitrogens with one attached hydrogen (secondary N) is 2. The van der Waals surface area contributed by atoms with E-state index < -0.39 is 47.1 Å². The Kier molecular flexibility index (Phi) is 11.0. The number of nitrogens with zero attached hydrogens (tertiary/aromatic N) is 3. The summed E-state index contributed by atoms with van der Waals surface area (Å²) in [6.45, 7) is 2.48. The van der Waals surface area contributed by atoms with Crippen LogP contribution in [0.3, 0.4) is 0 Å². The molecule has 1 aliphatic rings. The summed E-state index contributed by atoms with van der Waals surface area (Å²) in [5.41, 5.74) is -2.86. The molecule has 0 unspecified atom stereocenters. The van der Waals surface area contributed by atoms with E-state index in [2.05, 4.69) is 20.6 Å². The van der Waals surface area contributed by atoms with E-state index in [9.17, 15) is 44.3 Å². The Morgan fingerprint density at radius 3 is 1.81 bits per heavy atom. The van der Waals surface area contributed by atoms with Crippen LogP contribution in [0.1, 0.15) is 52.9 Å². The summed E-state index contributed by atoms with van der Waals surface area (Å²) in [6, 6.07) is 2.43. The zero-order chi connectivity index (χ0) is 32.0. The minimum Gasteiger partial charge on any atom is -0.475 e. The Bertz CT molecular complexity index is 1210. The SMILES string of the molecule is Cc1cc(N(C)C)nc(NCC2CCC(NC(=O)c3cc(C(F)(F)F)cc(C(F)(F)F)c3)CC2)n1.O=C(O)C(F)(F)F. The predicted octanol–water partition coefficient (Wildman–Crippen LogP) is 5.92. The van der Waals surface area contributed by atoms with Crippen molar-refractivity contribution in [3.05, 3.63) is 46.6 Å². The van der Waals surface area contributed by atoms with E-state index in [-0.39, 0.29) is 18.0 Å². The highest BCUT2D eigenvalue weighted by molar-refractivity contribution is 5.94. The molecule has 234 valence electrons. The minimum atomic E-state index is -5.08. The lowest BCUT2D eigenvalue weighted by Gasteiger charge is -2.29. The number of halogens is 9. The fourth-order valence-electron chi connectivity index (χ4n) is 3.96. The normalized spacial score (nSPS) is 17.5. The number of amides is 1. The average molecular weight is 618 g/mol. The molecule has 1 heterocycles. The molecular weight excluding hydrogens is 589 g/mol. The molecular formula is C25H28F9N5O3. The number of aromatic nitrogens is 2. The zero-order valence-corrected chi connectivity index (χ0v) is 22.5. The van der Waals surface area contributed by atoms with Crippen LogP contribution in [0.25, 0.3) is 0 Å². The summed E-state index contributed by atoms with van der Waals surface area (Å²) in [5, 5.41) is 12.9. The first-order valence-corrected chi connectivity index (χ1v) is 12.3. The summed E-state index contributed by atoms with van der Waals surface area (Å²) in [7, 11) is 3.76. The van der Waals surface area contributed by atoms with E-state index in [1.165, 1.54) is 0 Å². The second-order valence-corrected chi connectivity index (χ2v) is 9.76. The van der Waals surface area contributed by atoms with Crippen molar-refractivity contribution in [1.29, 1.82) is 0 Å². The van der Waals surface area contributed by atoms with Gasteiger partial charge in [-0.2, -0.15) is 44.5 Å². The topological polar surface area (TPSA) is 107 Å². The number of aliphatic carboxylic acids is 1. The number of alkyl halides is 9. The number of carboxylic acids is 1. The van der Waals surface area contributed by atoms with Crippen LogP contribution >= 0.6 is 0 Å². The number of benzene rings is 1. The predicted molar refractivity (Wildman–Crippen MR) is 133 cm³/mol. The maximum Gasteiger partial charge on any atom is 0.490 e. The molecule has 2 aromatic rings. The van der Waals surface area contributed by atoms with Gasteiger partial charge in [-0.05, 0) is 56.7 Å². The maximum absolute atomic E-state index is 13.1. The second-order valence-electron chi connectivity index (χ2n) is 9.76. The molecule has 0 spiro atoms. The van der Waals surface area contributed by atoms with Crippen molar-refractivity contribution in [3.63, 3.8) is 0 Å². The fraction of sp³-hybridized carbons (Fsp3) is 0.520. The molecule has 8 nitrogen and oxygen atoms in total. The van der Waals surface area contributed by atoms with Gasteiger partial charge in [-0.3, -0.25) is 4.79 Å². The smallest absolute Gasteiger partial charge is 0.475 e. The third kappa shape index (κ3) is 10.6. The van der Waals surface area contributed by atoms with Gasteiger partial charge >= 0.3 is 24.5 Å². The van der Waals surface area contributed by atoms with Crippen molar-refractivity contribution in [1.82, 2.24) is 15.3 Å². The standard InChI is InChI=1S/C23H27F6N5O.C2HF3O2/c1-13-8-19(34(2)3)33-21(31-13)30-12-14-4-6-18(7-5-14)32-20(35)15-9-16(22(24,25)26)11-17(10-15)23(27,28)29;3-2(4,5)1(6)7/h8-11,14,18H,4-7,12H2,1-3H3,(H,32,35)(H,30,31,33);(H,6,7). The summed E-state index contributed by atoms with van der Waals surface area (Å²) in [5.74, 6) is -2.16. The third-order valence-corrected chi connectivity index (χ3v) is 6.12. The molecule has 1 amide bonds. The van der Waals surface area contributed by atoms with Gasteiger partial charge in [0.1, 0.15) is 5.82 Å². The largest absolute Gasteiger partial charge is 0.490 e. The highest BCUT2D eigenvalue weighted by atomic mass is 19.4. The quantitative estimate of drug-likeness (QED) is 0.346. The van der Waals surface area contributed by atoms with E-state index in [1.54, 1.807) is 0 Å². The Labute approximate surface area is 234 Å². The molecule has 1 aromatic carbocycles. The lowest BCUT2D eigenvalue weighted by Crippen LogP contribution is -2.38. The Morgan fingerprint density at radius 2 is 1.38 bits per heavy atom. The number of anilines is 2. The first-order valence-electron chi connectivity index (χ1n) is 12.3. The number of hydrogen-bond donors (Lipinski definition) is 3. The second kappa shape index (κ2) is 13.5. The molecule has 17 heteroatoms. The average Bonchev–Trinajstić information content (AvgIpc) is 2.86. The van der Waals surface area contributed by atoms with Gasteiger partial charge in [0.2, 0.25) is 5.95 Å². The molecule has 1 aliphatic carbocycles. The molecule has 42 heavy (non-hydrogen) atoms. The monoisotopic (exact) mass is 617 g/mol. The van der Waals surface area contributed by atoms with Gasteiger partial charge in [-0.25, -0.2) is 9.78 Å². The fourth-order valence-corrected chi connectivity index (χ4v) is 3.96. The van der Waals surface area contributed by atoms with Crippen LogP contribution in [0.5, 0.6) is 0 Å². The van der Waals surface area contributed by atoms with Crippen molar-refractivity contribution in [2.75, 3.05) is 30.9 Å². The van der Waals surface area contributed by atoms with Crippen molar-refractivity contribution in [2.45, 2.75) is 57.2 Å². The number of hydrogen-bond acceptors (Lipinski definition) is 6. The van der Waals surface area contributed by atoms with Crippen molar-refractivity contribution < 1.29 is 54.2 Å². The summed E-state index contributed by atoms with van der Waals surface area (Å²) < 4.78 is 110. The van der Waals surface area contributed by atoms with Crippen LogP contribution in [0.4, 0.5) is 51.3 Å². The van der Waals surface area contributed by atoms with Crippen LogP contribution in [0.2, 0.25) is 0 Å². The van der Waals surface area contributed by atoms with Gasteiger partial charge in [-0.1, -0.05) is 0 Å². The number of carboxylic acid groups (broad SMARTS) is 1. The molecule has 3 N–H and O–H groups in total. The maximum atomic E-state index is 13.1. The highest BCUT2D eigenvalue weighted by Crippen LogP contribution is 2.36.